The maximum absolute atomic E-state index is 13.5. The lowest BCUT2D eigenvalue weighted by molar-refractivity contribution is -0.137. The molecule has 0 aliphatic carbocycles. The van der Waals surface area contributed by atoms with Gasteiger partial charge in [0.15, 0.2) is 5.82 Å². The minimum Gasteiger partial charge on any atom is -0.460 e. The molecule has 1 atom stereocenters. The van der Waals surface area contributed by atoms with Gasteiger partial charge in [0.2, 0.25) is 0 Å². The third-order valence-corrected chi connectivity index (χ3v) is 4.37. The maximum atomic E-state index is 13.5. The minimum absolute atomic E-state index is 0.0543. The van der Waals surface area contributed by atoms with Gasteiger partial charge in [-0.05, 0) is 43.9 Å². The Balaban J connectivity index is 2.42. The van der Waals surface area contributed by atoms with Crippen molar-refractivity contribution in [3.63, 3.8) is 0 Å². The highest BCUT2D eigenvalue weighted by molar-refractivity contribution is 5.63. The summed E-state index contributed by atoms with van der Waals surface area (Å²) in [5.41, 5.74) is 0.836. The Morgan fingerprint density at radius 3 is 2.59 bits per heavy atom. The molecule has 148 valence electrons. The highest BCUT2D eigenvalue weighted by Crippen LogP contribution is 2.38. The number of ether oxygens (including phenoxy) is 1. The topological polar surface area (TPSA) is 38.2 Å². The van der Waals surface area contributed by atoms with E-state index in [-0.39, 0.29) is 17.9 Å². The zero-order chi connectivity index (χ0) is 20.0. The summed E-state index contributed by atoms with van der Waals surface area (Å²) in [6, 6.07) is 7.44. The smallest absolute Gasteiger partial charge is 0.421 e. The van der Waals surface area contributed by atoms with Gasteiger partial charge >= 0.3 is 12.2 Å². The van der Waals surface area contributed by atoms with Crippen LogP contribution in [0, 0.1) is 0 Å². The zero-order valence-corrected chi connectivity index (χ0v) is 16.2. The maximum Gasteiger partial charge on any atom is 0.421 e. The summed E-state index contributed by atoms with van der Waals surface area (Å²) in [5.74, 6) is -0.219. The molecule has 0 saturated heterocycles. The molecular formula is C20H26F3N3O. The van der Waals surface area contributed by atoms with Gasteiger partial charge in [-0.1, -0.05) is 32.4 Å². The number of benzene rings is 1. The van der Waals surface area contributed by atoms with E-state index in [4.69, 9.17) is 4.74 Å². The van der Waals surface area contributed by atoms with E-state index in [9.17, 15) is 13.2 Å². The van der Waals surface area contributed by atoms with E-state index in [0.29, 0.717) is 12.1 Å². The van der Waals surface area contributed by atoms with Gasteiger partial charge in [0.25, 0.3) is 0 Å². The Kier molecular flexibility index (Phi) is 7.05. The summed E-state index contributed by atoms with van der Waals surface area (Å²) in [4.78, 5) is 9.25. The zero-order valence-electron chi connectivity index (χ0n) is 16.2. The van der Waals surface area contributed by atoms with E-state index in [1.54, 1.807) is 13.1 Å². The number of hydrogen-bond acceptors (Lipinski definition) is 4. The fourth-order valence-electron chi connectivity index (χ4n) is 2.56. The summed E-state index contributed by atoms with van der Waals surface area (Å²) in [6.07, 6.45) is -0.277. The van der Waals surface area contributed by atoms with Crippen LogP contribution in [0.1, 0.15) is 51.2 Å². The lowest BCUT2D eigenvalue weighted by Gasteiger charge is -2.23. The van der Waals surface area contributed by atoms with Gasteiger partial charge in [-0.3, -0.25) is 0 Å². The van der Waals surface area contributed by atoms with Crippen molar-refractivity contribution >= 4 is 11.5 Å². The normalized spacial score (nSPS) is 12.7. The highest BCUT2D eigenvalue weighted by atomic mass is 19.4. The average Bonchev–Trinajstić information content (AvgIpc) is 2.65. The first-order valence-corrected chi connectivity index (χ1v) is 9.19. The second-order valence-electron chi connectivity index (χ2n) is 6.56. The molecule has 27 heavy (non-hydrogen) atoms. The summed E-state index contributed by atoms with van der Waals surface area (Å²) in [6.45, 7) is 5.84. The van der Waals surface area contributed by atoms with Gasteiger partial charge in [0.05, 0.1) is 6.10 Å². The van der Waals surface area contributed by atoms with E-state index in [2.05, 4.69) is 16.9 Å². The second kappa shape index (κ2) is 9.06. The van der Waals surface area contributed by atoms with Crippen LogP contribution in [0.2, 0.25) is 0 Å². The molecule has 0 aliphatic rings. The molecule has 0 N–H and O–H groups in total. The molecule has 4 nitrogen and oxygen atoms in total. The lowest BCUT2D eigenvalue weighted by atomic mass is 10.1. The molecule has 1 aromatic heterocycles. The van der Waals surface area contributed by atoms with Crippen molar-refractivity contribution in [1.29, 1.82) is 0 Å². The second-order valence-corrected chi connectivity index (χ2v) is 6.56. The third kappa shape index (κ3) is 5.58. The van der Waals surface area contributed by atoms with Crippen molar-refractivity contribution in [2.24, 2.45) is 0 Å². The SMILES string of the molecule is CCCCc1cccc(N(C)c2nc(OC(C)CC)ncc2C(F)(F)F)c1. The molecule has 0 spiro atoms. The summed E-state index contributed by atoms with van der Waals surface area (Å²) < 4.78 is 46.0. The molecule has 1 aromatic carbocycles. The first kappa shape index (κ1) is 21.0. The van der Waals surface area contributed by atoms with E-state index >= 15 is 0 Å². The average molecular weight is 381 g/mol. The molecular weight excluding hydrogens is 355 g/mol. The fourth-order valence-corrected chi connectivity index (χ4v) is 2.56. The van der Waals surface area contributed by atoms with Gasteiger partial charge in [0, 0.05) is 18.9 Å². The Morgan fingerprint density at radius 2 is 1.96 bits per heavy atom. The molecule has 1 heterocycles. The molecule has 0 bridgehead atoms. The molecule has 0 fully saturated rings. The molecule has 0 aliphatic heterocycles. The van der Waals surface area contributed by atoms with Gasteiger partial charge < -0.3 is 9.64 Å². The van der Waals surface area contributed by atoms with Crippen LogP contribution in [-0.2, 0) is 12.6 Å². The number of alkyl halides is 3. The van der Waals surface area contributed by atoms with E-state index in [0.717, 1.165) is 31.0 Å². The van der Waals surface area contributed by atoms with E-state index in [1.165, 1.54) is 4.90 Å². The number of nitrogens with zero attached hydrogens (tertiary/aromatic N) is 3. The molecule has 0 radical (unpaired) electrons. The molecule has 1 unspecified atom stereocenters. The molecule has 0 amide bonds. The fraction of sp³-hybridized carbons (Fsp3) is 0.500. The Morgan fingerprint density at radius 1 is 1.22 bits per heavy atom. The predicted octanol–water partition coefficient (Wildman–Crippen LogP) is 5.78. The number of unbranched alkanes of at least 4 members (excludes halogenated alkanes) is 1. The van der Waals surface area contributed by atoms with Crippen LogP contribution in [0.5, 0.6) is 6.01 Å². The van der Waals surface area contributed by atoms with Crippen molar-refractivity contribution < 1.29 is 17.9 Å². The molecule has 7 heteroatoms. The van der Waals surface area contributed by atoms with Crippen LogP contribution < -0.4 is 9.64 Å². The monoisotopic (exact) mass is 381 g/mol. The highest BCUT2D eigenvalue weighted by Gasteiger charge is 2.37. The van der Waals surface area contributed by atoms with Crippen molar-refractivity contribution in [1.82, 2.24) is 9.97 Å². The van der Waals surface area contributed by atoms with Gasteiger partial charge in [0.1, 0.15) is 5.56 Å². The number of hydrogen-bond donors (Lipinski definition) is 0. The van der Waals surface area contributed by atoms with Crippen LogP contribution in [-0.4, -0.2) is 23.1 Å². The largest absolute Gasteiger partial charge is 0.460 e. The van der Waals surface area contributed by atoms with Crippen molar-refractivity contribution in [2.75, 3.05) is 11.9 Å². The molecule has 2 aromatic rings. The molecule has 2 rings (SSSR count). The van der Waals surface area contributed by atoms with Crippen molar-refractivity contribution in [3.05, 3.63) is 41.6 Å². The van der Waals surface area contributed by atoms with Gasteiger partial charge in [-0.15, -0.1) is 0 Å². The summed E-state index contributed by atoms with van der Waals surface area (Å²) in [5, 5.41) is 0. The van der Waals surface area contributed by atoms with Crippen LogP contribution >= 0.6 is 0 Å². The lowest BCUT2D eigenvalue weighted by Crippen LogP contribution is -2.20. The molecule has 0 saturated carbocycles. The van der Waals surface area contributed by atoms with Crippen LogP contribution in [0.25, 0.3) is 0 Å². The van der Waals surface area contributed by atoms with Crippen LogP contribution in [0.3, 0.4) is 0 Å². The third-order valence-electron chi connectivity index (χ3n) is 4.37. The first-order valence-electron chi connectivity index (χ1n) is 9.19. The van der Waals surface area contributed by atoms with E-state index < -0.39 is 11.7 Å². The number of anilines is 2. The summed E-state index contributed by atoms with van der Waals surface area (Å²) in [7, 11) is 1.57. The Bertz CT molecular complexity index is 749. The van der Waals surface area contributed by atoms with Gasteiger partial charge in [-0.2, -0.15) is 18.2 Å². The van der Waals surface area contributed by atoms with Gasteiger partial charge in [-0.25, -0.2) is 4.98 Å². The number of aryl methyl sites for hydroxylation is 1. The van der Waals surface area contributed by atoms with Crippen molar-refractivity contribution in [2.45, 2.75) is 58.7 Å². The van der Waals surface area contributed by atoms with Crippen LogP contribution in [0.15, 0.2) is 30.5 Å². The van der Waals surface area contributed by atoms with Crippen molar-refractivity contribution in [3.8, 4) is 6.01 Å². The Labute approximate surface area is 158 Å². The predicted molar refractivity (Wildman–Crippen MR) is 101 cm³/mol. The van der Waals surface area contributed by atoms with E-state index in [1.807, 2.05) is 32.0 Å². The number of aromatic nitrogens is 2. The number of halogens is 3. The minimum atomic E-state index is -4.56. The Hall–Kier alpha value is -2.31. The van der Waals surface area contributed by atoms with Crippen LogP contribution in [0.4, 0.5) is 24.7 Å². The first-order chi connectivity index (χ1) is 12.8. The summed E-state index contributed by atoms with van der Waals surface area (Å²) >= 11 is 0. The standard InChI is InChI=1S/C20H26F3N3O/c1-5-7-9-15-10-8-11-16(12-15)26(4)18-17(20(21,22)23)13-24-19(25-18)27-14(3)6-2/h8,10-14H,5-7,9H2,1-4H3. The number of rotatable bonds is 8. The quantitative estimate of drug-likeness (QED) is 0.581.